The molecule has 2 unspecified atom stereocenters. The lowest BCUT2D eigenvalue weighted by molar-refractivity contribution is -0.128. The van der Waals surface area contributed by atoms with Gasteiger partial charge in [0.15, 0.2) is 0 Å². The number of anilines is 1. The lowest BCUT2D eigenvalue weighted by Gasteiger charge is -2.38. The Kier molecular flexibility index (Phi) is 6.89. The lowest BCUT2D eigenvalue weighted by atomic mass is 9.91. The van der Waals surface area contributed by atoms with E-state index in [1.807, 2.05) is 6.08 Å². The molecule has 0 bridgehead atoms. The van der Waals surface area contributed by atoms with E-state index in [-0.39, 0.29) is 28.4 Å². The number of para-hydroxylation sites is 1. The van der Waals surface area contributed by atoms with E-state index in [0.717, 1.165) is 18.4 Å². The van der Waals surface area contributed by atoms with Crippen LogP contribution >= 0.6 is 23.2 Å². The highest BCUT2D eigenvalue weighted by atomic mass is 35.5. The standard InChI is InChI=1S/C15H17Cl2NO4S/c16-12-5-3-6-13(17)15(12)18(23(20)21)14-7-2-1-4-11(14)8-9-22-10-19/h3-6,10,14H,1-2,7-9H2,(H,20,21)/p-1. The molecule has 0 amide bonds. The predicted octanol–water partition coefficient (Wildman–Crippen LogP) is 3.64. The minimum Gasteiger partial charge on any atom is -0.755 e. The Balaban J connectivity index is 2.36. The van der Waals surface area contributed by atoms with Gasteiger partial charge >= 0.3 is 0 Å². The molecule has 23 heavy (non-hydrogen) atoms. The average Bonchev–Trinajstić information content (AvgIpc) is 2.52. The van der Waals surface area contributed by atoms with Crippen LogP contribution < -0.4 is 4.31 Å². The third-order valence-corrected chi connectivity index (χ3v) is 5.06. The highest BCUT2D eigenvalue weighted by Crippen LogP contribution is 2.39. The highest BCUT2D eigenvalue weighted by Gasteiger charge is 2.28. The number of hydrogen-bond donors (Lipinski definition) is 0. The van der Waals surface area contributed by atoms with Crippen molar-refractivity contribution in [1.82, 2.24) is 0 Å². The van der Waals surface area contributed by atoms with Crippen LogP contribution in [0.5, 0.6) is 0 Å². The van der Waals surface area contributed by atoms with Crippen molar-refractivity contribution in [3.05, 3.63) is 39.9 Å². The van der Waals surface area contributed by atoms with Crippen LogP contribution in [0.2, 0.25) is 10.0 Å². The van der Waals surface area contributed by atoms with Crippen molar-refractivity contribution < 1.29 is 18.3 Å². The van der Waals surface area contributed by atoms with Crippen molar-refractivity contribution in [1.29, 1.82) is 0 Å². The van der Waals surface area contributed by atoms with Crippen molar-refractivity contribution in [2.45, 2.75) is 31.7 Å². The first-order valence-corrected chi connectivity index (χ1v) is 8.91. The molecule has 0 heterocycles. The fraction of sp³-hybridized carbons (Fsp3) is 0.400. The SMILES string of the molecule is O=COCCC1=CCCCC1N(c1c(Cl)cccc1Cl)S(=O)[O-]. The van der Waals surface area contributed by atoms with E-state index in [1.165, 1.54) is 4.31 Å². The Bertz CT molecular complexity index is 603. The lowest BCUT2D eigenvalue weighted by Crippen LogP contribution is -2.40. The Morgan fingerprint density at radius 1 is 1.39 bits per heavy atom. The number of carbonyl (C=O) groups excluding carboxylic acids is 1. The zero-order valence-electron chi connectivity index (χ0n) is 12.2. The minimum atomic E-state index is -2.54. The fourth-order valence-corrected chi connectivity index (χ4v) is 4.19. The maximum absolute atomic E-state index is 11.9. The summed E-state index contributed by atoms with van der Waals surface area (Å²) in [7, 11) is 0. The minimum absolute atomic E-state index is 0.210. The van der Waals surface area contributed by atoms with Gasteiger partial charge in [-0.15, -0.1) is 0 Å². The molecule has 0 fully saturated rings. The van der Waals surface area contributed by atoms with Gasteiger partial charge in [-0.3, -0.25) is 13.3 Å². The van der Waals surface area contributed by atoms with E-state index in [9.17, 15) is 13.6 Å². The van der Waals surface area contributed by atoms with Gasteiger partial charge in [0.2, 0.25) is 0 Å². The van der Waals surface area contributed by atoms with Crippen molar-refractivity contribution in [3.63, 3.8) is 0 Å². The van der Waals surface area contributed by atoms with Crippen LogP contribution in [0.4, 0.5) is 5.69 Å². The van der Waals surface area contributed by atoms with Gasteiger partial charge in [0, 0.05) is 17.7 Å². The molecule has 0 aromatic heterocycles. The molecule has 0 spiro atoms. The molecule has 1 aromatic carbocycles. The molecule has 1 aliphatic rings. The van der Waals surface area contributed by atoms with Gasteiger partial charge in [0.25, 0.3) is 6.47 Å². The number of hydrogen-bond acceptors (Lipinski definition) is 4. The quantitative estimate of drug-likeness (QED) is 0.315. The first kappa shape index (κ1) is 18.3. The van der Waals surface area contributed by atoms with Crippen LogP contribution in [0, 0.1) is 0 Å². The summed E-state index contributed by atoms with van der Waals surface area (Å²) in [4.78, 5) is 10.3. The molecule has 0 saturated heterocycles. The predicted molar refractivity (Wildman–Crippen MR) is 90.2 cm³/mol. The van der Waals surface area contributed by atoms with E-state index in [1.54, 1.807) is 18.2 Å². The zero-order valence-corrected chi connectivity index (χ0v) is 14.6. The molecular weight excluding hydrogens is 361 g/mol. The number of carbonyl (C=O) groups is 1. The van der Waals surface area contributed by atoms with Gasteiger partial charge in [0.05, 0.1) is 28.4 Å². The zero-order chi connectivity index (χ0) is 16.8. The number of benzene rings is 1. The van der Waals surface area contributed by atoms with E-state index in [2.05, 4.69) is 0 Å². The van der Waals surface area contributed by atoms with Crippen molar-refractivity contribution >= 4 is 46.6 Å². The summed E-state index contributed by atoms with van der Waals surface area (Å²) in [5, 5.41) is 0.548. The Morgan fingerprint density at radius 3 is 2.70 bits per heavy atom. The number of halogens is 2. The van der Waals surface area contributed by atoms with Gasteiger partial charge in [-0.2, -0.15) is 0 Å². The maximum Gasteiger partial charge on any atom is 0.293 e. The van der Waals surface area contributed by atoms with Crippen LogP contribution in [0.1, 0.15) is 25.7 Å². The van der Waals surface area contributed by atoms with Gasteiger partial charge < -0.3 is 9.29 Å². The summed E-state index contributed by atoms with van der Waals surface area (Å²) in [6.07, 6.45) is 4.84. The first-order chi connectivity index (χ1) is 11.1. The molecule has 0 saturated carbocycles. The van der Waals surface area contributed by atoms with Crippen molar-refractivity contribution in [2.24, 2.45) is 0 Å². The molecule has 0 N–H and O–H groups in total. The Hall–Kier alpha value is -1.08. The summed E-state index contributed by atoms with van der Waals surface area (Å²) >= 11 is 9.81. The van der Waals surface area contributed by atoms with Crippen LogP contribution in [-0.2, 0) is 20.8 Å². The van der Waals surface area contributed by atoms with Crippen LogP contribution in [0.25, 0.3) is 0 Å². The van der Waals surface area contributed by atoms with Crippen molar-refractivity contribution in [3.8, 4) is 0 Å². The monoisotopic (exact) mass is 376 g/mol. The van der Waals surface area contributed by atoms with Crippen LogP contribution in [-0.4, -0.2) is 27.9 Å². The molecule has 8 heteroatoms. The molecule has 126 valence electrons. The topological polar surface area (TPSA) is 69.7 Å². The Labute approximate surface area is 147 Å². The number of nitrogens with zero attached hydrogens (tertiary/aromatic N) is 1. The van der Waals surface area contributed by atoms with Gasteiger partial charge in [-0.1, -0.05) is 35.3 Å². The summed E-state index contributed by atoms with van der Waals surface area (Å²) in [5.74, 6) is 0. The van der Waals surface area contributed by atoms with Gasteiger partial charge in [0.1, 0.15) is 0 Å². The molecule has 1 aliphatic carbocycles. The molecular formula is C15H16Cl2NO4S-. The molecule has 2 atom stereocenters. The first-order valence-electron chi connectivity index (χ1n) is 7.13. The summed E-state index contributed by atoms with van der Waals surface area (Å²) in [5.41, 5.74) is 1.18. The summed E-state index contributed by atoms with van der Waals surface area (Å²) in [6.45, 7) is 0.592. The fourth-order valence-electron chi connectivity index (χ4n) is 2.72. The number of allylic oxidation sites excluding steroid dienone is 1. The smallest absolute Gasteiger partial charge is 0.293 e. The average molecular weight is 377 g/mol. The van der Waals surface area contributed by atoms with Gasteiger partial charge in [-0.25, -0.2) is 0 Å². The summed E-state index contributed by atoms with van der Waals surface area (Å²) in [6, 6.07) is 4.49. The molecule has 5 nitrogen and oxygen atoms in total. The van der Waals surface area contributed by atoms with Crippen LogP contribution in [0.3, 0.4) is 0 Å². The van der Waals surface area contributed by atoms with Crippen molar-refractivity contribution in [2.75, 3.05) is 10.9 Å². The molecule has 0 radical (unpaired) electrons. The highest BCUT2D eigenvalue weighted by molar-refractivity contribution is 7.80. The second kappa shape index (κ2) is 8.68. The van der Waals surface area contributed by atoms with E-state index in [0.29, 0.717) is 19.3 Å². The second-order valence-corrected chi connectivity index (χ2v) is 6.70. The van der Waals surface area contributed by atoms with E-state index >= 15 is 0 Å². The number of rotatable bonds is 7. The third-order valence-electron chi connectivity index (χ3n) is 3.69. The number of ether oxygens (including phenoxy) is 1. The Morgan fingerprint density at radius 2 is 2.09 bits per heavy atom. The maximum atomic E-state index is 11.9. The van der Waals surface area contributed by atoms with Crippen LogP contribution in [0.15, 0.2) is 29.8 Å². The molecule has 1 aromatic rings. The van der Waals surface area contributed by atoms with E-state index in [4.69, 9.17) is 27.9 Å². The normalized spacial score (nSPS) is 18.9. The van der Waals surface area contributed by atoms with E-state index < -0.39 is 11.3 Å². The second-order valence-electron chi connectivity index (χ2n) is 5.06. The molecule has 0 aliphatic heterocycles. The summed E-state index contributed by atoms with van der Waals surface area (Å²) < 4.78 is 29.7. The largest absolute Gasteiger partial charge is 0.755 e. The van der Waals surface area contributed by atoms with Gasteiger partial charge in [-0.05, 0) is 37.0 Å². The third kappa shape index (κ3) is 4.47. The molecule has 2 rings (SSSR count).